The summed E-state index contributed by atoms with van der Waals surface area (Å²) in [7, 11) is 0. The lowest BCUT2D eigenvalue weighted by Gasteiger charge is -2.25. The van der Waals surface area contributed by atoms with E-state index in [1.54, 1.807) is 18.5 Å². The number of benzene rings is 2. The van der Waals surface area contributed by atoms with Crippen molar-refractivity contribution in [3.8, 4) is 0 Å². The molecule has 9 heteroatoms. The zero-order chi connectivity index (χ0) is 25.7. The minimum absolute atomic E-state index is 0.0885. The lowest BCUT2D eigenvalue weighted by molar-refractivity contribution is -0.191. The van der Waals surface area contributed by atoms with E-state index in [4.69, 9.17) is 9.59 Å². The number of hydrogen-bond donors (Lipinski definition) is 1. The third-order valence-corrected chi connectivity index (χ3v) is 6.00. The van der Waals surface area contributed by atoms with Crippen LogP contribution in [0.3, 0.4) is 0 Å². The molecule has 3 heterocycles. The highest BCUT2D eigenvalue weighted by atomic mass is 16.3. The largest absolute Gasteiger partial charge is 0.507 e. The number of Topliss-reactive ketones (excluding diaryl/α,β-unsaturated/α-hetero) is 1. The van der Waals surface area contributed by atoms with Crippen molar-refractivity contribution in [2.45, 2.75) is 19.5 Å². The number of aryl methyl sites for hydroxylation is 1. The van der Waals surface area contributed by atoms with Crippen molar-refractivity contribution in [2.75, 3.05) is 6.54 Å². The Balaban J connectivity index is 0.000000967. The fourth-order valence-corrected chi connectivity index (χ4v) is 4.28. The monoisotopic (exact) mass is 482 g/mol. The number of imidazole rings is 1. The van der Waals surface area contributed by atoms with Gasteiger partial charge in [0.05, 0.1) is 29.0 Å². The topological polar surface area (TPSA) is 122 Å². The number of ketones is 1. The highest BCUT2D eigenvalue weighted by Crippen LogP contribution is 2.39. The fraction of sp³-hybridized carbons (Fsp3) is 0.148. The molecular formula is C27H22N4O5. The Morgan fingerprint density at radius 1 is 0.972 bits per heavy atom. The number of aromatic nitrogens is 3. The molecule has 36 heavy (non-hydrogen) atoms. The van der Waals surface area contributed by atoms with Gasteiger partial charge in [-0.15, -0.1) is 0 Å². The normalized spacial score (nSPS) is 16.5. The van der Waals surface area contributed by atoms with E-state index in [1.807, 2.05) is 60.0 Å². The predicted octanol–water partition coefficient (Wildman–Crippen LogP) is 3.28. The number of fused-ring (bicyclic) bond motifs is 1. The number of aliphatic hydroxyl groups is 1. The van der Waals surface area contributed by atoms with Crippen molar-refractivity contribution in [3.63, 3.8) is 0 Å². The van der Waals surface area contributed by atoms with E-state index in [9.17, 15) is 14.7 Å². The standard InChI is InChI=1S/C26H22N4O3.CO2/c1-17-6-8-18(9-7-17)23-22(24(31)19-10-12-27-13-11-19)25(32)26(33)30(23)15-14-29-16-28-20-4-2-3-5-21(20)29;2-1-3/h2-13,16,23,31H,14-15H2,1H3;. The van der Waals surface area contributed by atoms with Gasteiger partial charge in [-0.1, -0.05) is 42.0 Å². The van der Waals surface area contributed by atoms with E-state index in [0.29, 0.717) is 12.1 Å². The van der Waals surface area contributed by atoms with Gasteiger partial charge in [0.25, 0.3) is 11.7 Å². The predicted molar refractivity (Wildman–Crippen MR) is 129 cm³/mol. The third-order valence-electron chi connectivity index (χ3n) is 6.00. The van der Waals surface area contributed by atoms with Crippen molar-refractivity contribution < 1.29 is 24.3 Å². The summed E-state index contributed by atoms with van der Waals surface area (Å²) in [5, 5.41) is 11.0. The highest BCUT2D eigenvalue weighted by Gasteiger charge is 2.45. The summed E-state index contributed by atoms with van der Waals surface area (Å²) in [6.07, 6.45) is 5.06. The summed E-state index contributed by atoms with van der Waals surface area (Å²) >= 11 is 0. The summed E-state index contributed by atoms with van der Waals surface area (Å²) in [6.45, 7) is 2.73. The molecular weight excluding hydrogens is 460 g/mol. The van der Waals surface area contributed by atoms with E-state index in [1.165, 1.54) is 17.3 Å². The molecule has 4 aromatic rings. The number of amides is 1. The third kappa shape index (κ3) is 4.68. The van der Waals surface area contributed by atoms with Crippen LogP contribution < -0.4 is 0 Å². The average Bonchev–Trinajstić information content (AvgIpc) is 3.42. The van der Waals surface area contributed by atoms with Gasteiger partial charge in [0, 0.05) is 31.0 Å². The van der Waals surface area contributed by atoms with Crippen LogP contribution in [-0.4, -0.2) is 48.9 Å². The molecule has 5 rings (SSSR count). The first-order valence-corrected chi connectivity index (χ1v) is 11.1. The van der Waals surface area contributed by atoms with Crippen molar-refractivity contribution in [1.82, 2.24) is 19.4 Å². The lowest BCUT2D eigenvalue weighted by atomic mass is 9.95. The van der Waals surface area contributed by atoms with E-state index in [0.717, 1.165) is 22.2 Å². The molecule has 9 nitrogen and oxygen atoms in total. The van der Waals surface area contributed by atoms with Crippen molar-refractivity contribution in [3.05, 3.63) is 102 Å². The van der Waals surface area contributed by atoms with Crippen molar-refractivity contribution >= 4 is 34.6 Å². The highest BCUT2D eigenvalue weighted by molar-refractivity contribution is 6.46. The number of pyridine rings is 1. The van der Waals surface area contributed by atoms with E-state index in [2.05, 4.69) is 9.97 Å². The first-order chi connectivity index (χ1) is 17.5. The van der Waals surface area contributed by atoms with Gasteiger partial charge in [0.1, 0.15) is 5.76 Å². The summed E-state index contributed by atoms with van der Waals surface area (Å²) in [4.78, 5) is 52.4. The van der Waals surface area contributed by atoms with Crippen LogP contribution in [0, 0.1) is 6.92 Å². The van der Waals surface area contributed by atoms with Crippen LogP contribution in [0.5, 0.6) is 0 Å². The van der Waals surface area contributed by atoms with Crippen LogP contribution in [0.15, 0.2) is 85.0 Å². The van der Waals surface area contributed by atoms with Gasteiger partial charge in [-0.3, -0.25) is 14.6 Å². The smallest absolute Gasteiger partial charge is 0.373 e. The Labute approximate surface area is 206 Å². The van der Waals surface area contributed by atoms with Crippen molar-refractivity contribution in [1.29, 1.82) is 0 Å². The molecule has 0 spiro atoms. The molecule has 0 bridgehead atoms. The van der Waals surface area contributed by atoms with Crippen LogP contribution in [0.4, 0.5) is 0 Å². The Morgan fingerprint density at radius 2 is 1.64 bits per heavy atom. The molecule has 1 atom stereocenters. The molecule has 1 N–H and O–H groups in total. The number of hydrogen-bond acceptors (Lipinski definition) is 7. The number of aliphatic hydroxyl groups excluding tert-OH is 1. The van der Waals surface area contributed by atoms with Crippen LogP contribution in [0.1, 0.15) is 22.7 Å². The van der Waals surface area contributed by atoms with Gasteiger partial charge < -0.3 is 14.6 Å². The Bertz CT molecular complexity index is 1470. The SMILES string of the molecule is Cc1ccc(C2C(=C(O)c3ccncc3)C(=O)C(=O)N2CCn2cnc3ccccc32)cc1.O=C=O. The second-order valence-corrected chi connectivity index (χ2v) is 8.15. The maximum atomic E-state index is 13.1. The number of nitrogens with zero attached hydrogens (tertiary/aromatic N) is 4. The number of likely N-dealkylation sites (tertiary alicyclic amines) is 1. The summed E-state index contributed by atoms with van der Waals surface area (Å²) < 4.78 is 1.96. The maximum absolute atomic E-state index is 13.1. The van der Waals surface area contributed by atoms with Gasteiger partial charge in [-0.25, -0.2) is 4.98 Å². The minimum atomic E-state index is -0.689. The minimum Gasteiger partial charge on any atom is -0.507 e. The molecule has 1 aliphatic heterocycles. The van der Waals surface area contributed by atoms with E-state index in [-0.39, 0.29) is 24.0 Å². The second kappa shape index (κ2) is 10.6. The number of carbonyl (C=O) groups excluding carboxylic acids is 4. The first-order valence-electron chi connectivity index (χ1n) is 11.1. The molecule has 180 valence electrons. The molecule has 1 fully saturated rings. The summed E-state index contributed by atoms with van der Waals surface area (Å²) in [6, 6.07) is 18.0. The molecule has 2 aromatic heterocycles. The van der Waals surface area contributed by atoms with Gasteiger partial charge in [0.2, 0.25) is 0 Å². The zero-order valence-corrected chi connectivity index (χ0v) is 19.4. The molecule has 1 amide bonds. The quantitative estimate of drug-likeness (QED) is 0.263. The maximum Gasteiger partial charge on any atom is 0.373 e. The average molecular weight is 482 g/mol. The molecule has 1 aliphatic rings. The van der Waals surface area contributed by atoms with Crippen molar-refractivity contribution in [2.24, 2.45) is 0 Å². The second-order valence-electron chi connectivity index (χ2n) is 8.15. The Morgan fingerprint density at radius 3 is 2.33 bits per heavy atom. The van der Waals surface area contributed by atoms with Gasteiger partial charge in [-0.2, -0.15) is 9.59 Å². The van der Waals surface area contributed by atoms with Gasteiger partial charge in [0.15, 0.2) is 0 Å². The molecule has 0 radical (unpaired) electrons. The van der Waals surface area contributed by atoms with E-state index >= 15 is 0 Å². The summed E-state index contributed by atoms with van der Waals surface area (Å²) in [5.41, 5.74) is 4.19. The van der Waals surface area contributed by atoms with Crippen LogP contribution in [-0.2, 0) is 25.7 Å². The first kappa shape index (κ1) is 24.3. The molecule has 0 saturated carbocycles. The number of rotatable bonds is 5. The molecule has 2 aromatic carbocycles. The fourth-order valence-electron chi connectivity index (χ4n) is 4.28. The Hall–Kier alpha value is -4.88. The molecule has 0 aliphatic carbocycles. The molecule has 1 unspecified atom stereocenters. The van der Waals surface area contributed by atoms with Crippen LogP contribution in [0.2, 0.25) is 0 Å². The number of para-hydroxylation sites is 2. The van der Waals surface area contributed by atoms with Crippen LogP contribution >= 0.6 is 0 Å². The Kier molecular flexibility index (Phi) is 7.13. The zero-order valence-electron chi connectivity index (χ0n) is 19.4. The molecule has 1 saturated heterocycles. The van der Waals surface area contributed by atoms with Gasteiger partial charge >= 0.3 is 6.15 Å². The number of carbonyl (C=O) groups is 2. The summed E-state index contributed by atoms with van der Waals surface area (Å²) in [5.74, 6) is -1.51. The lowest BCUT2D eigenvalue weighted by Crippen LogP contribution is -2.32. The van der Waals surface area contributed by atoms with Gasteiger partial charge in [-0.05, 0) is 36.8 Å². The van der Waals surface area contributed by atoms with Crippen LogP contribution in [0.25, 0.3) is 16.8 Å². The van der Waals surface area contributed by atoms with E-state index < -0.39 is 17.7 Å².